The molecule has 16 heavy (non-hydrogen) atoms. The molecule has 0 aliphatic carbocycles. The number of rotatable bonds is 3. The third-order valence-corrected chi connectivity index (χ3v) is 3.74. The summed E-state index contributed by atoms with van der Waals surface area (Å²) in [5, 5.41) is 6.17. The number of aryl methyl sites for hydroxylation is 2. The first-order valence-corrected chi connectivity index (χ1v) is 5.80. The Bertz CT molecular complexity index is 487. The molecule has 0 aliphatic heterocycles. The maximum Gasteiger partial charge on any atom is 0.126 e. The van der Waals surface area contributed by atoms with E-state index in [4.69, 9.17) is 11.6 Å². The van der Waals surface area contributed by atoms with Gasteiger partial charge in [0.05, 0.1) is 12.2 Å². The zero-order chi connectivity index (χ0) is 11.7. The number of anilines is 1. The van der Waals surface area contributed by atoms with Crippen molar-refractivity contribution in [3.63, 3.8) is 0 Å². The number of thiophene rings is 1. The topological polar surface area (TPSA) is 81.9 Å². The Balaban J connectivity index is 2.45. The van der Waals surface area contributed by atoms with Crippen LogP contribution in [0.5, 0.6) is 0 Å². The van der Waals surface area contributed by atoms with E-state index in [-0.39, 0.29) is 6.04 Å². The van der Waals surface area contributed by atoms with Gasteiger partial charge in [0.25, 0.3) is 0 Å². The number of aromatic nitrogens is 2. The van der Waals surface area contributed by atoms with Crippen LogP contribution >= 0.6 is 11.3 Å². The van der Waals surface area contributed by atoms with Crippen molar-refractivity contribution in [3.8, 4) is 0 Å². The minimum absolute atomic E-state index is 0.0892. The quantitative estimate of drug-likeness (QED) is 0.548. The van der Waals surface area contributed by atoms with Gasteiger partial charge >= 0.3 is 0 Å². The van der Waals surface area contributed by atoms with Gasteiger partial charge in [0.2, 0.25) is 0 Å². The molecule has 2 heterocycles. The summed E-state index contributed by atoms with van der Waals surface area (Å²) in [6.45, 7) is 2.06. The van der Waals surface area contributed by atoms with E-state index >= 15 is 0 Å². The lowest BCUT2D eigenvalue weighted by Gasteiger charge is -2.14. The molecule has 2 aromatic heterocycles. The van der Waals surface area contributed by atoms with E-state index in [1.807, 2.05) is 12.4 Å². The molecular weight excluding hydrogens is 222 g/mol. The van der Waals surface area contributed by atoms with Crippen molar-refractivity contribution in [1.82, 2.24) is 15.2 Å². The molecule has 1 unspecified atom stereocenters. The summed E-state index contributed by atoms with van der Waals surface area (Å²) in [5.74, 6) is 6.24. The summed E-state index contributed by atoms with van der Waals surface area (Å²) < 4.78 is 1.64. The molecule has 1 atom stereocenters. The summed E-state index contributed by atoms with van der Waals surface area (Å²) in [7, 11) is 1.81. The summed E-state index contributed by atoms with van der Waals surface area (Å²) in [6.07, 6.45) is 1.75. The first kappa shape index (κ1) is 11.1. The van der Waals surface area contributed by atoms with Crippen LogP contribution in [0.25, 0.3) is 0 Å². The largest absolute Gasteiger partial charge is 0.384 e. The van der Waals surface area contributed by atoms with Crippen molar-refractivity contribution in [2.45, 2.75) is 13.0 Å². The number of hydrazine groups is 1. The second-order valence-electron chi connectivity index (χ2n) is 3.68. The van der Waals surface area contributed by atoms with Crippen molar-refractivity contribution in [2.75, 3.05) is 5.73 Å². The lowest BCUT2D eigenvalue weighted by atomic mass is 10.1. The van der Waals surface area contributed by atoms with Crippen LogP contribution in [-0.2, 0) is 7.05 Å². The second kappa shape index (κ2) is 4.25. The molecule has 2 aromatic rings. The van der Waals surface area contributed by atoms with Crippen LogP contribution in [0, 0.1) is 6.92 Å². The van der Waals surface area contributed by atoms with Crippen LogP contribution in [-0.4, -0.2) is 9.78 Å². The zero-order valence-corrected chi connectivity index (χ0v) is 10.1. The minimum atomic E-state index is -0.0892. The van der Waals surface area contributed by atoms with Gasteiger partial charge in [0.15, 0.2) is 0 Å². The predicted octanol–water partition coefficient (Wildman–Crippen LogP) is 0.925. The van der Waals surface area contributed by atoms with Crippen molar-refractivity contribution in [3.05, 3.63) is 33.6 Å². The molecule has 0 aromatic carbocycles. The molecule has 0 spiro atoms. The molecule has 0 saturated heterocycles. The van der Waals surface area contributed by atoms with Gasteiger partial charge in [-0.3, -0.25) is 10.5 Å². The van der Waals surface area contributed by atoms with Crippen LogP contribution in [0.3, 0.4) is 0 Å². The molecule has 0 amide bonds. The fourth-order valence-electron chi connectivity index (χ4n) is 1.67. The lowest BCUT2D eigenvalue weighted by Crippen LogP contribution is -2.29. The Labute approximate surface area is 98.0 Å². The predicted molar refractivity (Wildman–Crippen MR) is 65.8 cm³/mol. The highest BCUT2D eigenvalue weighted by atomic mass is 32.1. The van der Waals surface area contributed by atoms with Crippen LogP contribution in [0.2, 0.25) is 0 Å². The fourth-order valence-corrected chi connectivity index (χ4v) is 2.68. The summed E-state index contributed by atoms with van der Waals surface area (Å²) in [6, 6.07) is 1.98. The SMILES string of the molecule is Cc1ccsc1C(NN)c1cnn(C)c1N. The molecule has 6 heteroatoms. The Morgan fingerprint density at radius 2 is 2.31 bits per heavy atom. The van der Waals surface area contributed by atoms with E-state index in [9.17, 15) is 0 Å². The van der Waals surface area contributed by atoms with E-state index in [0.717, 1.165) is 5.56 Å². The number of hydrogen-bond donors (Lipinski definition) is 3. The molecule has 0 aliphatic rings. The average molecular weight is 237 g/mol. The van der Waals surface area contributed by atoms with Crippen molar-refractivity contribution in [1.29, 1.82) is 0 Å². The third-order valence-electron chi connectivity index (χ3n) is 2.66. The second-order valence-corrected chi connectivity index (χ2v) is 4.62. The highest BCUT2D eigenvalue weighted by Crippen LogP contribution is 2.31. The number of nitrogens with zero attached hydrogens (tertiary/aromatic N) is 2. The van der Waals surface area contributed by atoms with Crippen LogP contribution in [0.1, 0.15) is 22.0 Å². The first-order valence-electron chi connectivity index (χ1n) is 4.92. The smallest absolute Gasteiger partial charge is 0.126 e. The van der Waals surface area contributed by atoms with Crippen LogP contribution in [0.15, 0.2) is 17.6 Å². The van der Waals surface area contributed by atoms with Crippen molar-refractivity contribution >= 4 is 17.2 Å². The number of hydrogen-bond acceptors (Lipinski definition) is 5. The molecular formula is C10H15N5S. The van der Waals surface area contributed by atoms with E-state index < -0.39 is 0 Å². The molecule has 86 valence electrons. The average Bonchev–Trinajstić information content (AvgIpc) is 2.81. The van der Waals surface area contributed by atoms with Crippen LogP contribution < -0.4 is 17.0 Å². The highest BCUT2D eigenvalue weighted by molar-refractivity contribution is 7.10. The Morgan fingerprint density at radius 1 is 1.56 bits per heavy atom. The molecule has 2 rings (SSSR count). The van der Waals surface area contributed by atoms with Gasteiger partial charge in [-0.25, -0.2) is 5.43 Å². The summed E-state index contributed by atoms with van der Waals surface area (Å²) >= 11 is 1.66. The molecule has 5 nitrogen and oxygen atoms in total. The first-order chi connectivity index (χ1) is 7.65. The monoisotopic (exact) mass is 237 g/mol. The third kappa shape index (κ3) is 1.71. The van der Waals surface area contributed by atoms with Crippen LogP contribution in [0.4, 0.5) is 5.82 Å². The fraction of sp³-hybridized carbons (Fsp3) is 0.300. The Morgan fingerprint density at radius 3 is 2.75 bits per heavy atom. The van der Waals surface area contributed by atoms with Gasteiger partial charge in [-0.2, -0.15) is 5.10 Å². The molecule has 0 saturated carbocycles. The van der Waals surface area contributed by atoms with Gasteiger partial charge in [-0.1, -0.05) is 0 Å². The molecule has 0 radical (unpaired) electrons. The summed E-state index contributed by atoms with van der Waals surface area (Å²) in [5.41, 5.74) is 10.9. The molecule has 0 bridgehead atoms. The van der Waals surface area contributed by atoms with Crippen molar-refractivity contribution in [2.24, 2.45) is 12.9 Å². The number of nitrogens with two attached hydrogens (primary N) is 2. The Kier molecular flexibility index (Phi) is 2.95. The molecule has 0 fully saturated rings. The van der Waals surface area contributed by atoms with Gasteiger partial charge in [0, 0.05) is 17.5 Å². The van der Waals surface area contributed by atoms with Crippen molar-refractivity contribution < 1.29 is 0 Å². The van der Waals surface area contributed by atoms with E-state index in [2.05, 4.69) is 23.5 Å². The molecule has 5 N–H and O–H groups in total. The zero-order valence-electron chi connectivity index (χ0n) is 9.27. The maximum atomic E-state index is 5.94. The minimum Gasteiger partial charge on any atom is -0.384 e. The van der Waals surface area contributed by atoms with E-state index in [1.54, 1.807) is 22.2 Å². The lowest BCUT2D eigenvalue weighted by molar-refractivity contribution is 0.645. The maximum absolute atomic E-state index is 5.94. The number of nitrogen functional groups attached to an aromatic ring is 1. The number of nitrogens with one attached hydrogen (secondary N) is 1. The van der Waals surface area contributed by atoms with Gasteiger partial charge in [0.1, 0.15) is 5.82 Å². The van der Waals surface area contributed by atoms with Gasteiger partial charge in [-0.15, -0.1) is 11.3 Å². The summed E-state index contributed by atoms with van der Waals surface area (Å²) in [4.78, 5) is 1.17. The van der Waals surface area contributed by atoms with E-state index in [0.29, 0.717) is 5.82 Å². The van der Waals surface area contributed by atoms with E-state index in [1.165, 1.54) is 10.4 Å². The standard InChI is InChI=1S/C10H15N5S/c1-6-3-4-16-9(6)8(14-12)7-5-13-15(2)10(7)11/h3-5,8,14H,11-12H2,1-2H3. The highest BCUT2D eigenvalue weighted by Gasteiger charge is 2.20. The Hall–Kier alpha value is -1.37. The normalized spacial score (nSPS) is 12.9. The van der Waals surface area contributed by atoms with Gasteiger partial charge in [-0.05, 0) is 23.9 Å². The van der Waals surface area contributed by atoms with Gasteiger partial charge < -0.3 is 5.73 Å².